The van der Waals surface area contributed by atoms with Crippen molar-refractivity contribution in [3.63, 3.8) is 0 Å². The summed E-state index contributed by atoms with van der Waals surface area (Å²) in [6.45, 7) is 8.76. The summed E-state index contributed by atoms with van der Waals surface area (Å²) >= 11 is 5.46. The lowest BCUT2D eigenvalue weighted by Crippen LogP contribution is -2.60. The van der Waals surface area contributed by atoms with Crippen LogP contribution in [-0.4, -0.2) is 39.8 Å². The molecule has 5 nitrogen and oxygen atoms in total. The number of rotatable bonds is 6. The molecule has 1 aliphatic rings. The van der Waals surface area contributed by atoms with Crippen LogP contribution in [0.4, 0.5) is 5.69 Å². The summed E-state index contributed by atoms with van der Waals surface area (Å²) in [6.07, 6.45) is 2.19. The fourth-order valence-electron chi connectivity index (χ4n) is 3.20. The number of hydrogen-bond acceptors (Lipinski definition) is 3. The first-order valence-electron chi connectivity index (χ1n) is 8.67. The van der Waals surface area contributed by atoms with E-state index in [1.807, 2.05) is 0 Å². The van der Waals surface area contributed by atoms with E-state index in [1.165, 1.54) is 6.92 Å². The van der Waals surface area contributed by atoms with Gasteiger partial charge in [0.05, 0.1) is 0 Å². The number of nitrogens with one attached hydrogen (secondary N) is 2. The molecule has 0 aromatic heterocycles. The van der Waals surface area contributed by atoms with E-state index >= 15 is 0 Å². The Morgan fingerprint density at radius 2 is 1.96 bits per heavy atom. The molecule has 25 heavy (non-hydrogen) atoms. The third-order valence-electron chi connectivity index (χ3n) is 4.42. The first kappa shape index (κ1) is 19.4. The smallest absolute Gasteiger partial charge is 0.224 e. The lowest BCUT2D eigenvalue weighted by atomic mass is 9.93. The molecule has 0 saturated carbocycles. The van der Waals surface area contributed by atoms with Gasteiger partial charge in [-0.05, 0) is 77.0 Å². The Morgan fingerprint density at radius 3 is 2.52 bits per heavy atom. The van der Waals surface area contributed by atoms with E-state index in [-0.39, 0.29) is 17.2 Å². The Labute approximate surface area is 155 Å². The molecule has 2 N–H and O–H groups in total. The lowest BCUT2D eigenvalue weighted by Gasteiger charge is -2.44. The Bertz CT molecular complexity index is 655. The van der Waals surface area contributed by atoms with Crippen molar-refractivity contribution in [2.24, 2.45) is 0 Å². The maximum Gasteiger partial charge on any atom is 0.224 e. The van der Waals surface area contributed by atoms with Crippen molar-refractivity contribution in [1.29, 1.82) is 0 Å². The Kier molecular flexibility index (Phi) is 6.16. The van der Waals surface area contributed by atoms with E-state index in [0.29, 0.717) is 23.7 Å². The number of benzene rings is 1. The van der Waals surface area contributed by atoms with Crippen LogP contribution >= 0.6 is 12.2 Å². The van der Waals surface area contributed by atoms with E-state index in [2.05, 4.69) is 36.3 Å². The molecule has 1 atom stereocenters. The summed E-state index contributed by atoms with van der Waals surface area (Å²) in [4.78, 5) is 25.5. The average Bonchev–Trinajstić information content (AvgIpc) is 2.49. The molecule has 1 heterocycles. The molecule has 1 aromatic rings. The molecule has 1 amide bonds. The molecule has 1 fully saturated rings. The van der Waals surface area contributed by atoms with E-state index in [1.54, 1.807) is 24.3 Å². The van der Waals surface area contributed by atoms with Crippen LogP contribution in [0, 0.1) is 0 Å². The number of nitrogens with zero attached hydrogens (tertiary/aromatic N) is 1. The number of carbonyl (C=O) groups is 2. The quantitative estimate of drug-likeness (QED) is 0.601. The van der Waals surface area contributed by atoms with Crippen LogP contribution in [0.3, 0.4) is 0 Å². The number of ketones is 1. The van der Waals surface area contributed by atoms with E-state index in [9.17, 15) is 9.59 Å². The second-order valence-corrected chi connectivity index (χ2v) is 7.73. The molecule has 0 bridgehead atoms. The SMILES string of the molecule is CC(=O)c1ccc(NC(=O)CCCN2C(=S)NC(C)(C)CC2C)cc1. The molecule has 0 spiro atoms. The van der Waals surface area contributed by atoms with Gasteiger partial charge in [-0.1, -0.05) is 0 Å². The zero-order valence-electron chi connectivity index (χ0n) is 15.4. The summed E-state index contributed by atoms with van der Waals surface area (Å²) in [6, 6.07) is 7.31. The van der Waals surface area contributed by atoms with Crippen LogP contribution in [0.1, 0.15) is 57.3 Å². The largest absolute Gasteiger partial charge is 0.358 e. The highest BCUT2D eigenvalue weighted by Crippen LogP contribution is 2.22. The summed E-state index contributed by atoms with van der Waals surface area (Å²) in [5.41, 5.74) is 1.37. The molecule has 0 aliphatic carbocycles. The first-order valence-corrected chi connectivity index (χ1v) is 9.08. The van der Waals surface area contributed by atoms with Crippen molar-refractivity contribution in [2.45, 2.75) is 58.5 Å². The van der Waals surface area contributed by atoms with Gasteiger partial charge < -0.3 is 15.5 Å². The summed E-state index contributed by atoms with van der Waals surface area (Å²) < 4.78 is 0. The standard InChI is InChI=1S/C19H27N3O2S/c1-13-12-19(3,4)21-18(25)22(13)11-5-6-17(24)20-16-9-7-15(8-10-16)14(2)23/h7-10,13H,5-6,11-12H2,1-4H3,(H,20,24)(H,21,25). The van der Waals surface area contributed by atoms with Gasteiger partial charge in [0.15, 0.2) is 10.9 Å². The van der Waals surface area contributed by atoms with Gasteiger partial charge in [-0.2, -0.15) is 0 Å². The van der Waals surface area contributed by atoms with Crippen molar-refractivity contribution in [3.05, 3.63) is 29.8 Å². The molecule has 1 aromatic carbocycles. The van der Waals surface area contributed by atoms with Crippen molar-refractivity contribution >= 4 is 34.7 Å². The van der Waals surface area contributed by atoms with Crippen molar-refractivity contribution in [2.75, 3.05) is 11.9 Å². The van der Waals surface area contributed by atoms with Crippen LogP contribution in [-0.2, 0) is 4.79 Å². The molecule has 2 rings (SSSR count). The molecule has 1 aliphatic heterocycles. The Hall–Kier alpha value is -1.95. The zero-order chi connectivity index (χ0) is 18.6. The predicted octanol–water partition coefficient (Wildman–Crippen LogP) is 3.36. The van der Waals surface area contributed by atoms with Gasteiger partial charge in [0.2, 0.25) is 5.91 Å². The minimum Gasteiger partial charge on any atom is -0.358 e. The molecule has 1 saturated heterocycles. The topological polar surface area (TPSA) is 61.4 Å². The molecule has 0 radical (unpaired) electrons. The summed E-state index contributed by atoms with van der Waals surface area (Å²) in [5, 5.41) is 6.99. The molecule has 1 unspecified atom stereocenters. The van der Waals surface area contributed by atoms with Crippen molar-refractivity contribution in [1.82, 2.24) is 10.2 Å². The Balaban J connectivity index is 1.78. The monoisotopic (exact) mass is 361 g/mol. The van der Waals surface area contributed by atoms with Gasteiger partial charge >= 0.3 is 0 Å². The van der Waals surface area contributed by atoms with Gasteiger partial charge in [-0.15, -0.1) is 0 Å². The number of amides is 1. The fraction of sp³-hybridized carbons (Fsp3) is 0.526. The normalized spacial score (nSPS) is 19.3. The molecular weight excluding hydrogens is 334 g/mol. The van der Waals surface area contributed by atoms with Crippen LogP contribution in [0.25, 0.3) is 0 Å². The number of Topliss-reactive ketones (excluding diaryl/α,β-unsaturated/α-hetero) is 1. The van der Waals surface area contributed by atoms with Gasteiger partial charge in [0.25, 0.3) is 0 Å². The van der Waals surface area contributed by atoms with Gasteiger partial charge in [-0.3, -0.25) is 9.59 Å². The minimum absolute atomic E-state index is 0.0151. The second kappa shape index (κ2) is 7.95. The van der Waals surface area contributed by atoms with E-state index in [0.717, 1.165) is 24.5 Å². The second-order valence-electron chi connectivity index (χ2n) is 7.35. The highest BCUT2D eigenvalue weighted by Gasteiger charge is 2.32. The fourth-order valence-corrected chi connectivity index (χ4v) is 3.75. The predicted molar refractivity (Wildman–Crippen MR) is 105 cm³/mol. The average molecular weight is 362 g/mol. The number of thiocarbonyl (C=S) groups is 1. The van der Waals surface area contributed by atoms with Gasteiger partial charge in [-0.25, -0.2) is 0 Å². The van der Waals surface area contributed by atoms with Crippen LogP contribution < -0.4 is 10.6 Å². The Morgan fingerprint density at radius 1 is 1.32 bits per heavy atom. The van der Waals surface area contributed by atoms with Gasteiger partial charge in [0.1, 0.15) is 0 Å². The van der Waals surface area contributed by atoms with Crippen LogP contribution in [0.2, 0.25) is 0 Å². The van der Waals surface area contributed by atoms with Crippen molar-refractivity contribution < 1.29 is 9.59 Å². The van der Waals surface area contributed by atoms with Crippen molar-refractivity contribution in [3.8, 4) is 0 Å². The van der Waals surface area contributed by atoms with E-state index < -0.39 is 0 Å². The van der Waals surface area contributed by atoms with Crippen LogP contribution in [0.5, 0.6) is 0 Å². The lowest BCUT2D eigenvalue weighted by molar-refractivity contribution is -0.116. The van der Waals surface area contributed by atoms with E-state index in [4.69, 9.17) is 12.2 Å². The first-order chi connectivity index (χ1) is 11.7. The summed E-state index contributed by atoms with van der Waals surface area (Å²) in [5.74, 6) is -0.0132. The van der Waals surface area contributed by atoms with Gasteiger partial charge in [0, 0.05) is 35.8 Å². The summed E-state index contributed by atoms with van der Waals surface area (Å²) in [7, 11) is 0. The highest BCUT2D eigenvalue weighted by atomic mass is 32.1. The third kappa shape index (κ3) is 5.53. The minimum atomic E-state index is -0.0283. The van der Waals surface area contributed by atoms with Crippen LogP contribution in [0.15, 0.2) is 24.3 Å². The maximum atomic E-state index is 12.1. The number of carbonyl (C=O) groups excluding carboxylic acids is 2. The third-order valence-corrected chi connectivity index (χ3v) is 4.76. The molecular formula is C19H27N3O2S. The number of hydrogen-bond donors (Lipinski definition) is 2. The zero-order valence-corrected chi connectivity index (χ0v) is 16.2. The molecule has 6 heteroatoms. The number of anilines is 1. The maximum absolute atomic E-state index is 12.1. The highest BCUT2D eigenvalue weighted by molar-refractivity contribution is 7.80. The molecule has 136 valence electrons.